The second-order valence-electron chi connectivity index (χ2n) is 5.25. The number of benzene rings is 1. The number of ether oxygens (including phenoxy) is 1. The lowest BCUT2D eigenvalue weighted by Gasteiger charge is -2.31. The molecule has 0 amide bonds. The van der Waals surface area contributed by atoms with Gasteiger partial charge in [-0.25, -0.2) is 0 Å². The molecule has 2 heteroatoms. The van der Waals surface area contributed by atoms with Gasteiger partial charge >= 0.3 is 0 Å². The highest BCUT2D eigenvalue weighted by molar-refractivity contribution is 5.46. The van der Waals surface area contributed by atoms with Crippen molar-refractivity contribution in [1.29, 1.82) is 0 Å². The van der Waals surface area contributed by atoms with Gasteiger partial charge in [0, 0.05) is 18.0 Å². The molecule has 2 nitrogen and oxygen atoms in total. The number of fused-ring (bicyclic) bond motifs is 1. The van der Waals surface area contributed by atoms with E-state index in [4.69, 9.17) is 10.5 Å². The second kappa shape index (κ2) is 4.10. The molecule has 1 atom stereocenters. The van der Waals surface area contributed by atoms with E-state index in [9.17, 15) is 0 Å². The summed E-state index contributed by atoms with van der Waals surface area (Å²) in [4.78, 5) is 0. The fourth-order valence-electron chi connectivity index (χ4n) is 2.13. The monoisotopic (exact) mass is 219 g/mol. The van der Waals surface area contributed by atoms with Crippen molar-refractivity contribution in [2.24, 2.45) is 11.1 Å². The van der Waals surface area contributed by atoms with Crippen LogP contribution in [0.1, 0.15) is 44.4 Å². The lowest BCUT2D eigenvalue weighted by Crippen LogP contribution is -2.28. The van der Waals surface area contributed by atoms with Gasteiger partial charge < -0.3 is 10.5 Å². The maximum atomic E-state index is 6.38. The zero-order valence-electron chi connectivity index (χ0n) is 10.4. The Morgan fingerprint density at radius 3 is 2.88 bits per heavy atom. The van der Waals surface area contributed by atoms with Crippen LogP contribution in [0.25, 0.3) is 0 Å². The summed E-state index contributed by atoms with van der Waals surface area (Å²) in [5.41, 5.74) is 8.96. The van der Waals surface area contributed by atoms with Crippen LogP contribution in [0.3, 0.4) is 0 Å². The number of para-hydroxylation sites is 1. The molecule has 0 saturated heterocycles. The van der Waals surface area contributed by atoms with E-state index in [-0.39, 0.29) is 11.5 Å². The van der Waals surface area contributed by atoms with Gasteiger partial charge in [-0.05, 0) is 17.4 Å². The van der Waals surface area contributed by atoms with Crippen LogP contribution in [0.5, 0.6) is 5.75 Å². The summed E-state index contributed by atoms with van der Waals surface area (Å²) in [6.07, 6.45) is 2.08. The molecule has 1 unspecified atom stereocenters. The van der Waals surface area contributed by atoms with Gasteiger partial charge in [-0.15, -0.1) is 0 Å². The highest BCUT2D eigenvalue weighted by atomic mass is 16.5. The second-order valence-corrected chi connectivity index (χ2v) is 5.25. The molecule has 16 heavy (non-hydrogen) atoms. The molecule has 0 aliphatic carbocycles. The molecule has 0 aromatic heterocycles. The predicted octanol–water partition coefficient (Wildman–Crippen LogP) is 3.06. The van der Waals surface area contributed by atoms with Crippen molar-refractivity contribution < 1.29 is 4.74 Å². The van der Waals surface area contributed by atoms with Gasteiger partial charge in [0.1, 0.15) is 5.75 Å². The Balaban J connectivity index is 2.38. The molecule has 2 N–H and O–H groups in total. The molecule has 0 fully saturated rings. The van der Waals surface area contributed by atoms with E-state index in [2.05, 4.69) is 39.0 Å². The van der Waals surface area contributed by atoms with Crippen LogP contribution in [0.15, 0.2) is 18.2 Å². The first-order valence-electron chi connectivity index (χ1n) is 6.06. The van der Waals surface area contributed by atoms with Gasteiger partial charge in [0.15, 0.2) is 0 Å². The summed E-state index contributed by atoms with van der Waals surface area (Å²) in [5, 5.41) is 0. The van der Waals surface area contributed by atoms with E-state index in [0.29, 0.717) is 0 Å². The van der Waals surface area contributed by atoms with Crippen LogP contribution in [-0.4, -0.2) is 6.61 Å². The number of hydrogen-bond donors (Lipinski definition) is 1. The van der Waals surface area contributed by atoms with Gasteiger partial charge in [-0.1, -0.05) is 39.0 Å². The average Bonchev–Trinajstić information content (AvgIpc) is 2.75. The molecule has 1 aliphatic rings. The van der Waals surface area contributed by atoms with Crippen LogP contribution in [0.2, 0.25) is 0 Å². The van der Waals surface area contributed by atoms with Crippen molar-refractivity contribution in [3.8, 4) is 5.75 Å². The molecule has 0 bridgehead atoms. The van der Waals surface area contributed by atoms with Crippen LogP contribution < -0.4 is 10.5 Å². The fraction of sp³-hybridized carbons (Fsp3) is 0.571. The first-order valence-corrected chi connectivity index (χ1v) is 6.06. The van der Waals surface area contributed by atoms with Crippen LogP contribution in [0, 0.1) is 5.41 Å². The number of hydrogen-bond acceptors (Lipinski definition) is 2. The Morgan fingerprint density at radius 1 is 1.44 bits per heavy atom. The summed E-state index contributed by atoms with van der Waals surface area (Å²) in [6, 6.07) is 6.38. The van der Waals surface area contributed by atoms with Crippen LogP contribution in [-0.2, 0) is 6.42 Å². The molecular weight excluding hydrogens is 198 g/mol. The standard InChI is InChI=1S/C14H21NO/c1-4-14(2,3)13(15)11-7-5-6-10-8-9-16-12(10)11/h5-7,13H,4,8-9,15H2,1-3H3. The van der Waals surface area contributed by atoms with Crippen molar-refractivity contribution in [2.45, 2.75) is 39.7 Å². The molecule has 1 aliphatic heterocycles. The van der Waals surface area contributed by atoms with Crippen LogP contribution in [0.4, 0.5) is 0 Å². The third kappa shape index (κ3) is 1.82. The molecular formula is C14H21NO. The largest absolute Gasteiger partial charge is 0.493 e. The Bertz CT molecular complexity index is 384. The molecule has 0 saturated carbocycles. The van der Waals surface area contributed by atoms with E-state index in [1.807, 2.05) is 0 Å². The Morgan fingerprint density at radius 2 is 2.19 bits per heavy atom. The average molecular weight is 219 g/mol. The van der Waals surface area contributed by atoms with Crippen molar-refractivity contribution in [3.05, 3.63) is 29.3 Å². The minimum absolute atomic E-state index is 0.0468. The Labute approximate surface area is 97.8 Å². The lowest BCUT2D eigenvalue weighted by atomic mass is 9.78. The van der Waals surface area contributed by atoms with E-state index in [0.717, 1.165) is 25.2 Å². The number of rotatable bonds is 3. The van der Waals surface area contributed by atoms with Crippen molar-refractivity contribution in [1.82, 2.24) is 0 Å². The zero-order valence-corrected chi connectivity index (χ0v) is 10.4. The molecule has 0 radical (unpaired) electrons. The first-order chi connectivity index (χ1) is 7.56. The van der Waals surface area contributed by atoms with Crippen molar-refractivity contribution in [2.75, 3.05) is 6.61 Å². The molecule has 1 aromatic rings. The lowest BCUT2D eigenvalue weighted by molar-refractivity contribution is 0.268. The number of nitrogens with two attached hydrogens (primary N) is 1. The molecule has 88 valence electrons. The highest BCUT2D eigenvalue weighted by Gasteiger charge is 2.29. The summed E-state index contributed by atoms with van der Waals surface area (Å²) in [7, 11) is 0. The van der Waals surface area contributed by atoms with E-state index < -0.39 is 0 Å². The van der Waals surface area contributed by atoms with Gasteiger partial charge in [-0.3, -0.25) is 0 Å². The molecule has 0 spiro atoms. The van der Waals surface area contributed by atoms with Crippen molar-refractivity contribution >= 4 is 0 Å². The molecule has 1 heterocycles. The van der Waals surface area contributed by atoms with E-state index in [1.165, 1.54) is 11.1 Å². The predicted molar refractivity (Wildman–Crippen MR) is 66.6 cm³/mol. The minimum Gasteiger partial charge on any atom is -0.493 e. The van der Waals surface area contributed by atoms with Crippen molar-refractivity contribution in [3.63, 3.8) is 0 Å². The fourth-order valence-corrected chi connectivity index (χ4v) is 2.13. The molecule has 1 aromatic carbocycles. The van der Waals surface area contributed by atoms with E-state index >= 15 is 0 Å². The Kier molecular flexibility index (Phi) is 2.94. The first kappa shape index (κ1) is 11.5. The maximum Gasteiger partial charge on any atom is 0.127 e. The summed E-state index contributed by atoms with van der Waals surface area (Å²) in [5.74, 6) is 1.04. The summed E-state index contributed by atoms with van der Waals surface area (Å²) >= 11 is 0. The smallest absolute Gasteiger partial charge is 0.127 e. The Hall–Kier alpha value is -1.02. The van der Waals surface area contributed by atoms with E-state index in [1.54, 1.807) is 0 Å². The van der Waals surface area contributed by atoms with Gasteiger partial charge in [0.2, 0.25) is 0 Å². The minimum atomic E-state index is 0.0468. The maximum absolute atomic E-state index is 6.38. The van der Waals surface area contributed by atoms with Gasteiger partial charge in [0.05, 0.1) is 6.61 Å². The topological polar surface area (TPSA) is 35.2 Å². The third-order valence-electron chi connectivity index (χ3n) is 3.83. The highest BCUT2D eigenvalue weighted by Crippen LogP contribution is 2.41. The van der Waals surface area contributed by atoms with Gasteiger partial charge in [-0.2, -0.15) is 0 Å². The van der Waals surface area contributed by atoms with Gasteiger partial charge in [0.25, 0.3) is 0 Å². The molecule has 2 rings (SSSR count). The third-order valence-corrected chi connectivity index (χ3v) is 3.83. The summed E-state index contributed by atoms with van der Waals surface area (Å²) < 4.78 is 5.71. The quantitative estimate of drug-likeness (QED) is 0.848. The van der Waals surface area contributed by atoms with Crippen LogP contribution >= 0.6 is 0 Å². The summed E-state index contributed by atoms with van der Waals surface area (Å²) in [6.45, 7) is 7.41. The SMILES string of the molecule is CCC(C)(C)C(N)c1cccc2c1OCC2. The zero-order chi connectivity index (χ0) is 11.8. The normalized spacial score (nSPS) is 16.8.